The molecule has 248 valence electrons. The van der Waals surface area contributed by atoms with Gasteiger partial charge in [0.25, 0.3) is 0 Å². The van der Waals surface area contributed by atoms with Crippen LogP contribution in [0.1, 0.15) is 22.3 Å². The normalized spacial score (nSPS) is 13.1. The van der Waals surface area contributed by atoms with Gasteiger partial charge in [0.15, 0.2) is 0 Å². The van der Waals surface area contributed by atoms with Crippen molar-refractivity contribution < 1.29 is 0 Å². The molecule has 2 heteroatoms. The van der Waals surface area contributed by atoms with E-state index in [0.717, 1.165) is 11.4 Å². The van der Waals surface area contributed by atoms with Gasteiger partial charge in [0.05, 0.1) is 11.1 Å². The molecular formula is C51H33NS. The van der Waals surface area contributed by atoms with Crippen molar-refractivity contribution in [1.29, 1.82) is 0 Å². The monoisotopic (exact) mass is 691 g/mol. The minimum Gasteiger partial charge on any atom is -0.310 e. The number of benzene rings is 9. The van der Waals surface area contributed by atoms with E-state index in [2.05, 4.69) is 205 Å². The van der Waals surface area contributed by atoms with Crippen LogP contribution >= 0.6 is 11.3 Å². The minimum atomic E-state index is -0.485. The van der Waals surface area contributed by atoms with Gasteiger partial charge in [-0.2, -0.15) is 0 Å². The lowest BCUT2D eigenvalue weighted by atomic mass is 9.67. The summed E-state index contributed by atoms with van der Waals surface area (Å²) in [5.41, 5.74) is 10.7. The molecule has 1 aromatic heterocycles. The molecule has 0 saturated carbocycles. The molecular weight excluding hydrogens is 659 g/mol. The zero-order chi connectivity index (χ0) is 34.9. The minimum absolute atomic E-state index is 0.485. The summed E-state index contributed by atoms with van der Waals surface area (Å²) in [4.78, 5) is 2.48. The van der Waals surface area contributed by atoms with Gasteiger partial charge in [-0.05, 0) is 80.6 Å². The number of fused-ring (bicyclic) bond motifs is 10. The summed E-state index contributed by atoms with van der Waals surface area (Å²) in [5.74, 6) is 0. The van der Waals surface area contributed by atoms with Gasteiger partial charge in [-0.1, -0.05) is 164 Å². The largest absolute Gasteiger partial charge is 0.310 e. The molecule has 0 bridgehead atoms. The summed E-state index contributed by atoms with van der Waals surface area (Å²) < 4.78 is 2.66. The second kappa shape index (κ2) is 11.8. The zero-order valence-electron chi connectivity index (χ0n) is 28.9. The Morgan fingerprint density at radius 3 is 1.75 bits per heavy atom. The van der Waals surface area contributed by atoms with E-state index >= 15 is 0 Å². The van der Waals surface area contributed by atoms with Crippen LogP contribution in [-0.2, 0) is 5.41 Å². The van der Waals surface area contributed by atoms with Crippen LogP contribution in [0.25, 0.3) is 52.8 Å². The molecule has 1 aliphatic rings. The van der Waals surface area contributed by atoms with Crippen molar-refractivity contribution in [2.75, 3.05) is 4.90 Å². The summed E-state index contributed by atoms with van der Waals surface area (Å²) in [6.07, 6.45) is 0. The van der Waals surface area contributed by atoms with Gasteiger partial charge < -0.3 is 4.90 Å². The summed E-state index contributed by atoms with van der Waals surface area (Å²) in [5, 5.41) is 7.71. The summed E-state index contributed by atoms with van der Waals surface area (Å²) in [6.45, 7) is 0. The zero-order valence-corrected chi connectivity index (χ0v) is 29.7. The first-order chi connectivity index (χ1) is 26.3. The predicted molar refractivity (Wildman–Crippen MR) is 226 cm³/mol. The van der Waals surface area contributed by atoms with Gasteiger partial charge in [-0.25, -0.2) is 0 Å². The van der Waals surface area contributed by atoms with E-state index in [-0.39, 0.29) is 0 Å². The van der Waals surface area contributed by atoms with Crippen molar-refractivity contribution in [2.24, 2.45) is 0 Å². The van der Waals surface area contributed by atoms with E-state index in [0.29, 0.717) is 0 Å². The van der Waals surface area contributed by atoms with Crippen molar-refractivity contribution in [3.05, 3.63) is 222 Å². The van der Waals surface area contributed by atoms with E-state index in [1.54, 1.807) is 0 Å². The van der Waals surface area contributed by atoms with Crippen LogP contribution in [0.15, 0.2) is 200 Å². The molecule has 0 fully saturated rings. The molecule has 0 saturated heterocycles. The molecule has 0 spiro atoms. The number of hydrogen-bond acceptors (Lipinski definition) is 2. The average Bonchev–Trinajstić information content (AvgIpc) is 3.76. The van der Waals surface area contributed by atoms with Gasteiger partial charge >= 0.3 is 0 Å². The third-order valence-electron chi connectivity index (χ3n) is 11.3. The van der Waals surface area contributed by atoms with Crippen LogP contribution in [-0.4, -0.2) is 0 Å². The predicted octanol–water partition coefficient (Wildman–Crippen LogP) is 14.2. The molecule has 0 atom stereocenters. The number of nitrogens with zero attached hydrogens (tertiary/aromatic N) is 1. The Morgan fingerprint density at radius 2 is 0.981 bits per heavy atom. The van der Waals surface area contributed by atoms with E-state index < -0.39 is 5.41 Å². The topological polar surface area (TPSA) is 3.24 Å². The lowest BCUT2D eigenvalue weighted by Gasteiger charge is -2.35. The standard InChI is InChI=1S/C51H33NS/c1-3-17-35(18-4-1)51(45-27-12-9-24-40(45)41-25-10-13-28-46(41)51)36-19-15-22-38(33-36)52(37-20-5-2-6-21-37)47-32-34-16-7-8-23-39(34)49-44(47)31-30-43-42-26-11-14-29-48(42)53-50(43)49/h1-33H. The maximum absolute atomic E-state index is 2.48. The van der Waals surface area contributed by atoms with Crippen molar-refractivity contribution >= 4 is 70.1 Å². The molecule has 0 unspecified atom stereocenters. The Hall–Kier alpha value is -6.48. The van der Waals surface area contributed by atoms with E-state index in [1.807, 2.05) is 11.3 Å². The Morgan fingerprint density at radius 1 is 0.396 bits per heavy atom. The molecule has 1 nitrogen and oxygen atoms in total. The number of hydrogen-bond donors (Lipinski definition) is 0. The average molecular weight is 692 g/mol. The highest BCUT2D eigenvalue weighted by Gasteiger charge is 2.46. The molecule has 9 aromatic carbocycles. The van der Waals surface area contributed by atoms with Gasteiger partial charge in [-0.3, -0.25) is 0 Å². The Kier molecular flexibility index (Phi) is 6.71. The molecule has 0 aliphatic heterocycles. The molecule has 0 radical (unpaired) electrons. The quantitative estimate of drug-likeness (QED) is 0.162. The van der Waals surface area contributed by atoms with Crippen molar-refractivity contribution in [3.8, 4) is 11.1 Å². The van der Waals surface area contributed by atoms with Crippen LogP contribution < -0.4 is 4.90 Å². The van der Waals surface area contributed by atoms with E-state index in [4.69, 9.17) is 0 Å². The molecule has 53 heavy (non-hydrogen) atoms. The summed E-state index contributed by atoms with van der Waals surface area (Å²) >= 11 is 1.90. The maximum Gasteiger partial charge on any atom is 0.0714 e. The first-order valence-corrected chi connectivity index (χ1v) is 19.1. The maximum atomic E-state index is 2.48. The molecule has 0 amide bonds. The highest BCUT2D eigenvalue weighted by Crippen LogP contribution is 2.57. The SMILES string of the molecule is c1ccc(N(c2cccc(C3(c4ccccc4)c4ccccc4-c4ccccc43)c2)c2cc3ccccc3c3c2ccc2c4ccccc4sc23)cc1. The van der Waals surface area contributed by atoms with Crippen LogP contribution in [0.4, 0.5) is 17.1 Å². The smallest absolute Gasteiger partial charge is 0.0714 e. The van der Waals surface area contributed by atoms with Crippen LogP contribution in [0.3, 0.4) is 0 Å². The summed E-state index contributed by atoms with van der Waals surface area (Å²) in [7, 11) is 0. The lowest BCUT2D eigenvalue weighted by Crippen LogP contribution is -2.28. The lowest BCUT2D eigenvalue weighted by molar-refractivity contribution is 0.768. The molecule has 10 aromatic rings. The second-order valence-corrected chi connectivity index (χ2v) is 15.1. The highest BCUT2D eigenvalue weighted by atomic mass is 32.1. The number of para-hydroxylation sites is 1. The third kappa shape index (κ3) is 4.37. The highest BCUT2D eigenvalue weighted by molar-refractivity contribution is 7.26. The van der Waals surface area contributed by atoms with Crippen molar-refractivity contribution in [3.63, 3.8) is 0 Å². The Balaban J connectivity index is 1.22. The molecule has 0 N–H and O–H groups in total. The van der Waals surface area contributed by atoms with Crippen LogP contribution in [0.2, 0.25) is 0 Å². The fraction of sp³-hybridized carbons (Fsp3) is 0.0196. The number of anilines is 3. The first kappa shape index (κ1) is 30.2. The van der Waals surface area contributed by atoms with Gasteiger partial charge in [-0.15, -0.1) is 11.3 Å². The number of thiophene rings is 1. The van der Waals surface area contributed by atoms with Crippen molar-refractivity contribution in [2.45, 2.75) is 5.41 Å². The van der Waals surface area contributed by atoms with Gasteiger partial charge in [0, 0.05) is 42.3 Å². The fourth-order valence-corrected chi connectivity index (χ4v) is 10.4. The van der Waals surface area contributed by atoms with Crippen molar-refractivity contribution in [1.82, 2.24) is 0 Å². The second-order valence-electron chi connectivity index (χ2n) is 14.0. The molecule has 1 heterocycles. The number of rotatable bonds is 5. The van der Waals surface area contributed by atoms with Gasteiger partial charge in [0.1, 0.15) is 0 Å². The Bertz CT molecular complexity index is 2970. The van der Waals surface area contributed by atoms with Gasteiger partial charge in [0.2, 0.25) is 0 Å². The molecule has 11 rings (SSSR count). The Labute approximate surface area is 312 Å². The van der Waals surface area contributed by atoms with E-state index in [1.165, 1.54) is 80.8 Å². The summed E-state index contributed by atoms with van der Waals surface area (Å²) in [6, 6.07) is 74.0. The van der Waals surface area contributed by atoms with Crippen LogP contribution in [0, 0.1) is 0 Å². The fourth-order valence-electron chi connectivity index (χ4n) is 9.12. The third-order valence-corrected chi connectivity index (χ3v) is 12.5. The van der Waals surface area contributed by atoms with Crippen LogP contribution in [0.5, 0.6) is 0 Å². The first-order valence-electron chi connectivity index (χ1n) is 18.3. The van der Waals surface area contributed by atoms with E-state index in [9.17, 15) is 0 Å². The molecule has 1 aliphatic carbocycles.